The fourth-order valence-electron chi connectivity index (χ4n) is 1.52. The summed E-state index contributed by atoms with van der Waals surface area (Å²) in [6.07, 6.45) is 0. The maximum absolute atomic E-state index is 10.8. The van der Waals surface area contributed by atoms with E-state index in [9.17, 15) is 4.79 Å². The van der Waals surface area contributed by atoms with E-state index in [0.29, 0.717) is 16.8 Å². The van der Waals surface area contributed by atoms with Gasteiger partial charge in [-0.1, -0.05) is 0 Å². The molecule has 1 aromatic heterocycles. The Kier molecular flexibility index (Phi) is 2.04. The largest absolute Gasteiger partial charge is 0.477 e. The topological polar surface area (TPSA) is 76.2 Å². The van der Waals surface area contributed by atoms with Crippen LogP contribution < -0.4 is 5.73 Å². The Labute approximate surface area is 86.4 Å². The Balaban J connectivity index is 2.76. The molecule has 76 valence electrons. The molecule has 2 rings (SSSR count). The van der Waals surface area contributed by atoms with Gasteiger partial charge in [-0.15, -0.1) is 0 Å². The second-order valence-electron chi connectivity index (χ2n) is 3.41. The molecule has 4 heteroatoms. The van der Waals surface area contributed by atoms with Crippen molar-refractivity contribution in [3.63, 3.8) is 0 Å². The van der Waals surface area contributed by atoms with Gasteiger partial charge in [-0.05, 0) is 36.8 Å². The highest BCUT2D eigenvalue weighted by Crippen LogP contribution is 2.18. The monoisotopic (exact) mass is 202 g/mol. The van der Waals surface area contributed by atoms with E-state index in [1.54, 1.807) is 31.2 Å². The average molecular weight is 202 g/mol. The Morgan fingerprint density at radius 3 is 2.80 bits per heavy atom. The van der Waals surface area contributed by atoms with Gasteiger partial charge in [0, 0.05) is 11.1 Å². The first kappa shape index (κ1) is 9.45. The van der Waals surface area contributed by atoms with Crippen molar-refractivity contribution in [2.75, 3.05) is 5.73 Å². The molecule has 0 aliphatic heterocycles. The molecule has 15 heavy (non-hydrogen) atoms. The molecule has 1 aromatic carbocycles. The Morgan fingerprint density at radius 2 is 2.13 bits per heavy atom. The predicted octanol–water partition coefficient (Wildman–Crippen LogP) is 1.82. The van der Waals surface area contributed by atoms with Crippen molar-refractivity contribution in [3.05, 3.63) is 35.5 Å². The second-order valence-corrected chi connectivity index (χ2v) is 3.41. The zero-order valence-corrected chi connectivity index (χ0v) is 8.19. The van der Waals surface area contributed by atoms with Crippen LogP contribution in [-0.2, 0) is 0 Å². The van der Waals surface area contributed by atoms with Gasteiger partial charge in [0.25, 0.3) is 0 Å². The highest BCUT2D eigenvalue weighted by Gasteiger charge is 2.10. The number of aromatic carboxylic acids is 1. The summed E-state index contributed by atoms with van der Waals surface area (Å²) in [5.74, 6) is -1.01. The molecule has 0 radical (unpaired) electrons. The van der Waals surface area contributed by atoms with Crippen LogP contribution in [0.15, 0.2) is 24.3 Å². The lowest BCUT2D eigenvalue weighted by atomic mass is 10.1. The highest BCUT2D eigenvalue weighted by atomic mass is 16.4. The quantitative estimate of drug-likeness (QED) is 0.691. The lowest BCUT2D eigenvalue weighted by Crippen LogP contribution is -2.03. The maximum atomic E-state index is 10.8. The fraction of sp³-hybridized carbons (Fsp3) is 0.0909. The van der Waals surface area contributed by atoms with Crippen LogP contribution in [0.5, 0.6) is 0 Å². The molecule has 0 aliphatic rings. The van der Waals surface area contributed by atoms with Gasteiger partial charge in [-0.25, -0.2) is 9.78 Å². The van der Waals surface area contributed by atoms with Crippen molar-refractivity contribution in [2.45, 2.75) is 6.92 Å². The molecule has 0 saturated carbocycles. The molecule has 1 heterocycles. The molecule has 0 aliphatic carbocycles. The summed E-state index contributed by atoms with van der Waals surface area (Å²) < 4.78 is 0. The number of nitrogens with zero attached hydrogens (tertiary/aromatic N) is 1. The molecule has 0 atom stereocenters. The van der Waals surface area contributed by atoms with Crippen molar-refractivity contribution < 1.29 is 9.90 Å². The van der Waals surface area contributed by atoms with Crippen LogP contribution in [0.25, 0.3) is 10.9 Å². The number of anilines is 1. The number of fused-ring (bicyclic) bond motifs is 1. The standard InChI is InChI=1S/C11H10N2O2/c1-6-4-7-5-8(12)2-3-9(7)13-10(6)11(14)15/h2-5H,12H2,1H3,(H,14,15). The number of aryl methyl sites for hydroxylation is 1. The molecule has 0 unspecified atom stereocenters. The van der Waals surface area contributed by atoms with Gasteiger partial charge in [0.05, 0.1) is 5.52 Å². The minimum atomic E-state index is -1.01. The smallest absolute Gasteiger partial charge is 0.354 e. The number of nitrogens with two attached hydrogens (primary N) is 1. The van der Waals surface area contributed by atoms with Crippen molar-refractivity contribution >= 4 is 22.6 Å². The van der Waals surface area contributed by atoms with Gasteiger partial charge in [-0.3, -0.25) is 0 Å². The highest BCUT2D eigenvalue weighted by molar-refractivity contribution is 5.92. The van der Waals surface area contributed by atoms with Crippen LogP contribution in [-0.4, -0.2) is 16.1 Å². The average Bonchev–Trinajstić information content (AvgIpc) is 2.15. The summed E-state index contributed by atoms with van der Waals surface area (Å²) in [4.78, 5) is 14.9. The summed E-state index contributed by atoms with van der Waals surface area (Å²) in [6, 6.07) is 6.98. The molecule has 2 aromatic rings. The fourth-order valence-corrected chi connectivity index (χ4v) is 1.52. The zero-order chi connectivity index (χ0) is 11.0. The first-order chi connectivity index (χ1) is 7.08. The van der Waals surface area contributed by atoms with Crippen molar-refractivity contribution in [2.24, 2.45) is 0 Å². The van der Waals surface area contributed by atoms with E-state index in [-0.39, 0.29) is 5.69 Å². The van der Waals surface area contributed by atoms with E-state index < -0.39 is 5.97 Å². The number of benzene rings is 1. The minimum Gasteiger partial charge on any atom is -0.477 e. The summed E-state index contributed by atoms with van der Waals surface area (Å²) in [5.41, 5.74) is 7.65. The summed E-state index contributed by atoms with van der Waals surface area (Å²) in [5, 5.41) is 9.75. The van der Waals surface area contributed by atoms with Crippen LogP contribution in [0.2, 0.25) is 0 Å². The van der Waals surface area contributed by atoms with Crippen LogP contribution in [0.3, 0.4) is 0 Å². The van der Waals surface area contributed by atoms with Crippen molar-refractivity contribution in [1.82, 2.24) is 4.98 Å². The van der Waals surface area contributed by atoms with Crippen LogP contribution >= 0.6 is 0 Å². The molecule has 0 fully saturated rings. The van der Waals surface area contributed by atoms with Crippen LogP contribution in [0.4, 0.5) is 5.69 Å². The van der Waals surface area contributed by atoms with Crippen LogP contribution in [0.1, 0.15) is 16.1 Å². The van der Waals surface area contributed by atoms with E-state index in [1.165, 1.54) is 0 Å². The molecule has 0 amide bonds. The molecule has 4 nitrogen and oxygen atoms in total. The third-order valence-electron chi connectivity index (χ3n) is 2.23. The number of nitrogen functional groups attached to an aromatic ring is 1. The van der Waals surface area contributed by atoms with Crippen molar-refractivity contribution in [1.29, 1.82) is 0 Å². The van der Waals surface area contributed by atoms with Gasteiger partial charge in [0.1, 0.15) is 0 Å². The molecule has 3 N–H and O–H groups in total. The second kappa shape index (κ2) is 3.24. The van der Waals surface area contributed by atoms with Crippen molar-refractivity contribution in [3.8, 4) is 0 Å². The van der Waals surface area contributed by atoms with E-state index >= 15 is 0 Å². The SMILES string of the molecule is Cc1cc2cc(N)ccc2nc1C(=O)O. The predicted molar refractivity (Wildman–Crippen MR) is 57.9 cm³/mol. The van der Waals surface area contributed by atoms with E-state index in [4.69, 9.17) is 10.8 Å². The molecule has 0 spiro atoms. The van der Waals surface area contributed by atoms with Crippen LogP contribution in [0, 0.1) is 6.92 Å². The first-order valence-corrected chi connectivity index (χ1v) is 4.48. The Morgan fingerprint density at radius 1 is 1.40 bits per heavy atom. The lowest BCUT2D eigenvalue weighted by Gasteiger charge is -2.03. The summed E-state index contributed by atoms with van der Waals surface area (Å²) in [6.45, 7) is 1.72. The number of aromatic nitrogens is 1. The van der Waals surface area contributed by atoms with E-state index in [0.717, 1.165) is 5.39 Å². The van der Waals surface area contributed by atoms with E-state index in [2.05, 4.69) is 4.98 Å². The maximum Gasteiger partial charge on any atom is 0.354 e. The Hall–Kier alpha value is -2.10. The van der Waals surface area contributed by atoms with Gasteiger partial charge >= 0.3 is 5.97 Å². The number of hydrogen-bond acceptors (Lipinski definition) is 3. The Bertz CT molecular complexity index is 550. The number of hydrogen-bond donors (Lipinski definition) is 2. The van der Waals surface area contributed by atoms with E-state index in [1.807, 2.05) is 0 Å². The zero-order valence-electron chi connectivity index (χ0n) is 8.19. The van der Waals surface area contributed by atoms with Gasteiger partial charge in [0.2, 0.25) is 0 Å². The molecule has 0 saturated heterocycles. The number of carbonyl (C=O) groups is 1. The molecule has 0 bridgehead atoms. The minimum absolute atomic E-state index is 0.0901. The molecular weight excluding hydrogens is 192 g/mol. The number of pyridine rings is 1. The lowest BCUT2D eigenvalue weighted by molar-refractivity contribution is 0.0690. The van der Waals surface area contributed by atoms with Gasteiger partial charge in [0.15, 0.2) is 5.69 Å². The third-order valence-corrected chi connectivity index (χ3v) is 2.23. The number of carboxylic acids is 1. The number of rotatable bonds is 1. The van der Waals surface area contributed by atoms with Gasteiger partial charge < -0.3 is 10.8 Å². The normalized spacial score (nSPS) is 10.5. The first-order valence-electron chi connectivity index (χ1n) is 4.48. The number of carboxylic acid groups (broad SMARTS) is 1. The summed E-state index contributed by atoms with van der Waals surface area (Å²) in [7, 11) is 0. The third kappa shape index (κ3) is 1.61. The van der Waals surface area contributed by atoms with Gasteiger partial charge in [-0.2, -0.15) is 0 Å². The summed E-state index contributed by atoms with van der Waals surface area (Å²) >= 11 is 0. The molecular formula is C11H10N2O2.